The Bertz CT molecular complexity index is 2030. The largest absolute Gasteiger partial charge is 0.469 e. The zero-order valence-electron chi connectivity index (χ0n) is 35.5. The lowest BCUT2D eigenvalue weighted by Crippen LogP contribution is -2.56. The van der Waals surface area contributed by atoms with Gasteiger partial charge in [-0.3, -0.25) is 43.3 Å². The van der Waals surface area contributed by atoms with Gasteiger partial charge in [0.1, 0.15) is 29.0 Å². The van der Waals surface area contributed by atoms with Crippen LogP contribution in [0.2, 0.25) is 0 Å². The molecule has 5 atom stereocenters. The average molecular weight is 879 g/mol. The number of benzene rings is 1. The summed E-state index contributed by atoms with van der Waals surface area (Å²) < 4.78 is 14.7. The minimum absolute atomic E-state index is 0.0278. The molecule has 0 saturated carbocycles. The lowest BCUT2D eigenvalue weighted by atomic mass is 9.99. The highest BCUT2D eigenvalue weighted by Gasteiger charge is 2.33. The van der Waals surface area contributed by atoms with Crippen molar-refractivity contribution < 1.29 is 57.4 Å². The van der Waals surface area contributed by atoms with E-state index in [9.17, 15) is 43.2 Å². The molecule has 0 bridgehead atoms. The highest BCUT2D eigenvalue weighted by Crippen LogP contribution is 2.16. The summed E-state index contributed by atoms with van der Waals surface area (Å²) in [6.45, 7) is 5.96. The van der Waals surface area contributed by atoms with Crippen molar-refractivity contribution in [3.63, 3.8) is 0 Å². The van der Waals surface area contributed by atoms with Crippen LogP contribution < -0.4 is 26.6 Å². The topological polar surface area (TPSA) is 254 Å². The molecule has 18 nitrogen and oxygen atoms in total. The van der Waals surface area contributed by atoms with Crippen LogP contribution in [-0.2, 0) is 65.4 Å². The van der Waals surface area contributed by atoms with Crippen molar-refractivity contribution in [1.29, 1.82) is 0 Å². The Morgan fingerprint density at radius 1 is 0.661 bits per heavy atom. The number of Topliss-reactive ketones (excluding diaryl/α,β-unsaturated/α-hetero) is 1. The fraction of sp³-hybridized carbons (Fsp3) is 0.442. The fourth-order valence-corrected chi connectivity index (χ4v) is 6.92. The van der Waals surface area contributed by atoms with Crippen LogP contribution in [0.3, 0.4) is 0 Å². The van der Waals surface area contributed by atoms with Gasteiger partial charge in [-0.25, -0.2) is 4.79 Å². The van der Waals surface area contributed by atoms with Gasteiger partial charge in [-0.15, -0.1) is 11.3 Å². The second-order valence-corrected chi connectivity index (χ2v) is 16.1. The SMILES string of the molecule is COC(=O)C[C@H](NC(=O)[C@H](Cc1ccccc1)NC(=O)C[C@H](CC(C)C)NC(=O)[C@H](CC(=O)OC)NC(=O)[C@H](Cc1cccnc1)NC(C)=O)C(=O)COC(=O)c1ccc(C)s1. The molecule has 62 heavy (non-hydrogen) atoms. The predicted molar refractivity (Wildman–Crippen MR) is 225 cm³/mol. The number of carbonyl (C=O) groups excluding carboxylic acids is 9. The van der Waals surface area contributed by atoms with E-state index in [-0.39, 0.29) is 36.5 Å². The first kappa shape index (κ1) is 49.9. The Morgan fingerprint density at radius 3 is 1.81 bits per heavy atom. The van der Waals surface area contributed by atoms with E-state index >= 15 is 0 Å². The number of ketones is 1. The van der Waals surface area contributed by atoms with Crippen LogP contribution in [0.25, 0.3) is 0 Å². The van der Waals surface area contributed by atoms with Crippen molar-refractivity contribution in [1.82, 2.24) is 31.6 Å². The van der Waals surface area contributed by atoms with Gasteiger partial charge in [0, 0.05) is 49.5 Å². The second kappa shape index (κ2) is 25.3. The zero-order valence-corrected chi connectivity index (χ0v) is 36.3. The molecule has 2 heterocycles. The Hall–Kier alpha value is -6.50. The van der Waals surface area contributed by atoms with Gasteiger partial charge in [-0.2, -0.15) is 0 Å². The smallest absolute Gasteiger partial charge is 0.348 e. The number of thiophene rings is 1. The van der Waals surface area contributed by atoms with Crippen LogP contribution in [0.1, 0.15) is 72.1 Å². The predicted octanol–water partition coefficient (Wildman–Crippen LogP) is 1.67. The number of hydrogen-bond acceptors (Lipinski definition) is 14. The number of nitrogens with zero attached hydrogens (tertiary/aromatic N) is 1. The molecule has 19 heteroatoms. The summed E-state index contributed by atoms with van der Waals surface area (Å²) in [5.41, 5.74) is 1.26. The molecule has 0 unspecified atom stereocenters. The van der Waals surface area contributed by atoms with Crippen LogP contribution in [0, 0.1) is 12.8 Å². The summed E-state index contributed by atoms with van der Waals surface area (Å²) in [5, 5.41) is 13.0. The quantitative estimate of drug-likeness (QED) is 0.0635. The molecule has 0 saturated heterocycles. The highest BCUT2D eigenvalue weighted by atomic mass is 32.1. The summed E-state index contributed by atoms with van der Waals surface area (Å²) >= 11 is 1.17. The number of rotatable bonds is 24. The van der Waals surface area contributed by atoms with Gasteiger partial charge in [-0.1, -0.05) is 50.2 Å². The maximum Gasteiger partial charge on any atom is 0.348 e. The Balaban J connectivity index is 1.81. The number of aryl methyl sites for hydroxylation is 1. The lowest BCUT2D eigenvalue weighted by molar-refractivity contribution is -0.144. The molecular formula is C43H54N6O12S. The molecule has 0 aliphatic rings. The van der Waals surface area contributed by atoms with Gasteiger partial charge >= 0.3 is 17.9 Å². The number of hydrogen-bond donors (Lipinski definition) is 5. The van der Waals surface area contributed by atoms with Crippen LogP contribution in [0.5, 0.6) is 0 Å². The summed E-state index contributed by atoms with van der Waals surface area (Å²) in [5.74, 6) is -6.90. The number of nitrogens with one attached hydrogen (secondary N) is 5. The molecule has 0 aliphatic carbocycles. The van der Waals surface area contributed by atoms with Crippen LogP contribution in [-0.4, -0.2) is 109 Å². The first-order valence-electron chi connectivity index (χ1n) is 19.8. The average Bonchev–Trinajstić information content (AvgIpc) is 3.67. The van der Waals surface area contributed by atoms with E-state index in [2.05, 4.69) is 31.6 Å². The summed E-state index contributed by atoms with van der Waals surface area (Å²) in [4.78, 5) is 123. The number of ether oxygens (including phenoxy) is 3. The van der Waals surface area contributed by atoms with E-state index in [0.717, 1.165) is 19.1 Å². The number of esters is 3. The monoisotopic (exact) mass is 878 g/mol. The third-order valence-corrected chi connectivity index (χ3v) is 10.1. The lowest BCUT2D eigenvalue weighted by Gasteiger charge is -2.27. The molecule has 0 spiro atoms. The molecule has 1 aromatic carbocycles. The van der Waals surface area contributed by atoms with Crippen LogP contribution in [0.15, 0.2) is 67.0 Å². The van der Waals surface area contributed by atoms with Gasteiger partial charge in [0.25, 0.3) is 0 Å². The maximum absolute atomic E-state index is 13.9. The van der Waals surface area contributed by atoms with Gasteiger partial charge < -0.3 is 40.8 Å². The molecule has 334 valence electrons. The third kappa shape index (κ3) is 17.6. The molecule has 5 amide bonds. The Labute approximate surface area is 363 Å². The molecular weight excluding hydrogens is 825 g/mol. The van der Waals surface area contributed by atoms with Crippen molar-refractivity contribution >= 4 is 64.6 Å². The molecule has 0 aliphatic heterocycles. The minimum Gasteiger partial charge on any atom is -0.469 e. The number of amides is 5. The Kier molecular flexibility index (Phi) is 20.4. The first-order valence-corrected chi connectivity index (χ1v) is 20.6. The summed E-state index contributed by atoms with van der Waals surface area (Å²) in [7, 11) is 2.22. The normalized spacial score (nSPS) is 13.2. The van der Waals surface area contributed by atoms with Crippen molar-refractivity contribution in [3.8, 4) is 0 Å². The van der Waals surface area contributed by atoms with Crippen molar-refractivity contribution in [3.05, 3.63) is 87.9 Å². The van der Waals surface area contributed by atoms with Crippen molar-refractivity contribution in [2.24, 2.45) is 5.92 Å². The molecule has 5 N–H and O–H groups in total. The van der Waals surface area contributed by atoms with E-state index < -0.39 is 103 Å². The van der Waals surface area contributed by atoms with E-state index in [1.54, 1.807) is 67.7 Å². The fourth-order valence-electron chi connectivity index (χ4n) is 6.16. The highest BCUT2D eigenvalue weighted by molar-refractivity contribution is 7.13. The summed E-state index contributed by atoms with van der Waals surface area (Å²) in [6.07, 6.45) is 1.76. The number of pyridine rings is 1. The standard InChI is InChI=1S/C43H54N6O12S/c1-25(2)17-30(46-40(55)34(22-39(54)60-6)49-41(56)32(45-27(4)50)19-29-13-10-16-44-23-29)20-37(52)47-33(18-28-11-8-7-9-12-28)42(57)48-31(21-38(53)59-5)35(51)24-61-43(58)36-15-14-26(3)62-36/h7-16,23,25,30-34H,17-22,24H2,1-6H3,(H,45,50)(H,46,55)(H,47,52)(H,48,57)(H,49,56)/t30-,31-,32-,33-,34-/m0/s1. The zero-order chi connectivity index (χ0) is 45.8. The van der Waals surface area contributed by atoms with E-state index in [1.165, 1.54) is 24.5 Å². The van der Waals surface area contributed by atoms with Gasteiger partial charge in [0.05, 0.1) is 27.1 Å². The summed E-state index contributed by atoms with van der Waals surface area (Å²) in [6, 6.07) is 9.00. The van der Waals surface area contributed by atoms with Gasteiger partial charge in [0.2, 0.25) is 29.5 Å². The number of methoxy groups -OCH3 is 2. The van der Waals surface area contributed by atoms with Crippen molar-refractivity contribution in [2.75, 3.05) is 20.8 Å². The van der Waals surface area contributed by atoms with E-state index in [4.69, 9.17) is 14.2 Å². The first-order chi connectivity index (χ1) is 29.5. The molecule has 0 fully saturated rings. The van der Waals surface area contributed by atoms with Crippen LogP contribution in [0.4, 0.5) is 0 Å². The Morgan fingerprint density at radius 2 is 1.24 bits per heavy atom. The van der Waals surface area contributed by atoms with Crippen LogP contribution >= 0.6 is 11.3 Å². The number of carbonyl (C=O) groups is 9. The van der Waals surface area contributed by atoms with Gasteiger partial charge in [-0.05, 0) is 48.6 Å². The second-order valence-electron chi connectivity index (χ2n) is 14.8. The van der Waals surface area contributed by atoms with E-state index in [1.807, 2.05) is 13.8 Å². The van der Waals surface area contributed by atoms with Gasteiger partial charge in [0.15, 0.2) is 12.4 Å². The third-order valence-electron chi connectivity index (χ3n) is 9.15. The molecule has 3 aromatic rings. The molecule has 0 radical (unpaired) electrons. The number of aromatic nitrogens is 1. The molecule has 2 aromatic heterocycles. The molecule has 3 rings (SSSR count). The maximum atomic E-state index is 13.9. The minimum atomic E-state index is -1.49. The van der Waals surface area contributed by atoms with Crippen molar-refractivity contribution in [2.45, 2.75) is 96.4 Å². The van der Waals surface area contributed by atoms with E-state index in [0.29, 0.717) is 11.1 Å².